The molecule has 30 heavy (non-hydrogen) atoms. The van der Waals surface area contributed by atoms with Crippen molar-refractivity contribution in [3.05, 3.63) is 77.2 Å². The van der Waals surface area contributed by atoms with Crippen LogP contribution in [0.25, 0.3) is 0 Å². The van der Waals surface area contributed by atoms with Crippen LogP contribution in [0.5, 0.6) is 5.75 Å². The Bertz CT molecular complexity index is 978. The van der Waals surface area contributed by atoms with Gasteiger partial charge in [-0.25, -0.2) is 0 Å². The Morgan fingerprint density at radius 3 is 2.43 bits per heavy atom. The Labute approximate surface area is 181 Å². The van der Waals surface area contributed by atoms with Gasteiger partial charge in [0, 0.05) is 42.6 Å². The minimum absolute atomic E-state index is 0.153. The number of amides is 1. The number of hydrogen-bond acceptors (Lipinski definition) is 5. The van der Waals surface area contributed by atoms with Gasteiger partial charge >= 0.3 is 0 Å². The van der Waals surface area contributed by atoms with Crippen LogP contribution in [0.3, 0.4) is 0 Å². The SMILES string of the molecule is CN1CCN(c2ccc(NC(=O)c3ccoc3COc3ccc(Cl)cc3)cc2)CC1. The lowest BCUT2D eigenvalue weighted by molar-refractivity contribution is 0.102. The van der Waals surface area contributed by atoms with E-state index in [1.54, 1.807) is 30.3 Å². The van der Waals surface area contributed by atoms with Gasteiger partial charge in [-0.05, 0) is 61.6 Å². The maximum atomic E-state index is 12.7. The first kappa shape index (κ1) is 20.3. The average molecular weight is 426 g/mol. The topological polar surface area (TPSA) is 58.0 Å². The molecular weight excluding hydrogens is 402 g/mol. The van der Waals surface area contributed by atoms with Gasteiger partial charge in [-0.3, -0.25) is 4.79 Å². The van der Waals surface area contributed by atoms with E-state index in [0.29, 0.717) is 22.1 Å². The summed E-state index contributed by atoms with van der Waals surface area (Å²) in [6, 6.07) is 16.6. The van der Waals surface area contributed by atoms with E-state index in [0.717, 1.165) is 31.9 Å². The highest BCUT2D eigenvalue weighted by Crippen LogP contribution is 2.22. The van der Waals surface area contributed by atoms with Gasteiger partial charge in [0.15, 0.2) is 5.76 Å². The molecule has 7 heteroatoms. The van der Waals surface area contributed by atoms with Gasteiger partial charge < -0.3 is 24.3 Å². The Kier molecular flexibility index (Phi) is 6.26. The normalized spacial score (nSPS) is 14.5. The van der Waals surface area contributed by atoms with E-state index in [9.17, 15) is 4.79 Å². The number of rotatable bonds is 6. The Hall–Kier alpha value is -2.96. The number of carbonyl (C=O) groups excluding carboxylic acids is 1. The minimum Gasteiger partial charge on any atom is -0.486 e. The number of anilines is 2. The Balaban J connectivity index is 1.36. The molecule has 1 saturated heterocycles. The first-order chi connectivity index (χ1) is 14.6. The molecule has 1 N–H and O–H groups in total. The number of carbonyl (C=O) groups is 1. The van der Waals surface area contributed by atoms with Crippen molar-refractivity contribution in [2.24, 2.45) is 0 Å². The van der Waals surface area contributed by atoms with Crippen molar-refractivity contribution >= 4 is 28.9 Å². The van der Waals surface area contributed by atoms with Crippen molar-refractivity contribution in [2.45, 2.75) is 6.61 Å². The zero-order valence-electron chi connectivity index (χ0n) is 16.8. The number of benzene rings is 2. The summed E-state index contributed by atoms with van der Waals surface area (Å²) in [5, 5.41) is 3.57. The number of halogens is 1. The smallest absolute Gasteiger partial charge is 0.259 e. The molecule has 0 spiro atoms. The van der Waals surface area contributed by atoms with Crippen molar-refractivity contribution < 1.29 is 13.9 Å². The van der Waals surface area contributed by atoms with Gasteiger partial charge in [-0.15, -0.1) is 0 Å². The van der Waals surface area contributed by atoms with E-state index < -0.39 is 0 Å². The molecule has 0 radical (unpaired) electrons. The van der Waals surface area contributed by atoms with Gasteiger partial charge in [0.05, 0.1) is 11.8 Å². The molecule has 156 valence electrons. The number of nitrogens with one attached hydrogen (secondary N) is 1. The van der Waals surface area contributed by atoms with Crippen molar-refractivity contribution in [3.63, 3.8) is 0 Å². The first-order valence-electron chi connectivity index (χ1n) is 9.88. The standard InChI is InChI=1S/C23H24ClN3O3/c1-26-11-13-27(14-12-26)19-6-4-18(5-7-19)25-23(28)21-10-15-29-22(21)16-30-20-8-2-17(24)3-9-20/h2-10,15H,11-14,16H2,1H3,(H,25,28). The van der Waals surface area contributed by atoms with E-state index in [-0.39, 0.29) is 12.5 Å². The van der Waals surface area contributed by atoms with E-state index in [1.807, 2.05) is 24.3 Å². The third kappa shape index (κ3) is 4.96. The number of nitrogens with zero attached hydrogens (tertiary/aromatic N) is 2. The summed E-state index contributed by atoms with van der Waals surface area (Å²) in [5.41, 5.74) is 2.36. The van der Waals surface area contributed by atoms with E-state index >= 15 is 0 Å². The predicted octanol–water partition coefficient (Wildman–Crippen LogP) is 4.52. The molecule has 0 aliphatic carbocycles. The third-order valence-corrected chi connectivity index (χ3v) is 5.42. The van der Waals surface area contributed by atoms with Crippen LogP contribution in [0.2, 0.25) is 5.02 Å². The quantitative estimate of drug-likeness (QED) is 0.629. The molecule has 2 heterocycles. The van der Waals surface area contributed by atoms with E-state index in [1.165, 1.54) is 12.0 Å². The number of ether oxygens (including phenoxy) is 1. The highest BCUT2D eigenvalue weighted by molar-refractivity contribution is 6.30. The molecule has 0 atom stereocenters. The summed E-state index contributed by atoms with van der Waals surface area (Å²) in [6.45, 7) is 4.28. The zero-order valence-corrected chi connectivity index (χ0v) is 17.6. The number of hydrogen-bond donors (Lipinski definition) is 1. The lowest BCUT2D eigenvalue weighted by Crippen LogP contribution is -2.44. The molecule has 4 rings (SSSR count). The number of furan rings is 1. The third-order valence-electron chi connectivity index (χ3n) is 5.17. The number of piperazine rings is 1. The monoisotopic (exact) mass is 425 g/mol. The maximum absolute atomic E-state index is 12.7. The summed E-state index contributed by atoms with van der Waals surface area (Å²) in [6.07, 6.45) is 1.49. The highest BCUT2D eigenvalue weighted by atomic mass is 35.5. The minimum atomic E-state index is -0.231. The van der Waals surface area contributed by atoms with Crippen LogP contribution in [-0.2, 0) is 6.61 Å². The van der Waals surface area contributed by atoms with Crippen LogP contribution in [0.15, 0.2) is 65.3 Å². The predicted molar refractivity (Wildman–Crippen MR) is 119 cm³/mol. The van der Waals surface area contributed by atoms with Crippen LogP contribution < -0.4 is 15.0 Å². The van der Waals surface area contributed by atoms with Crippen LogP contribution in [0.4, 0.5) is 11.4 Å². The second-order valence-electron chi connectivity index (χ2n) is 7.29. The van der Waals surface area contributed by atoms with Gasteiger partial charge in [-0.2, -0.15) is 0 Å². The molecule has 0 saturated carbocycles. The summed E-state index contributed by atoms with van der Waals surface area (Å²) < 4.78 is 11.1. The molecule has 0 unspecified atom stereocenters. The molecule has 1 aromatic heterocycles. The van der Waals surface area contributed by atoms with Crippen molar-refractivity contribution in [1.82, 2.24) is 4.90 Å². The summed E-state index contributed by atoms with van der Waals surface area (Å²) in [7, 11) is 2.14. The van der Waals surface area contributed by atoms with Crippen molar-refractivity contribution in [3.8, 4) is 5.75 Å². The largest absolute Gasteiger partial charge is 0.486 e. The molecule has 3 aromatic rings. The fourth-order valence-electron chi connectivity index (χ4n) is 3.35. The second-order valence-corrected chi connectivity index (χ2v) is 7.73. The van der Waals surface area contributed by atoms with Gasteiger partial charge in [-0.1, -0.05) is 11.6 Å². The summed E-state index contributed by atoms with van der Waals surface area (Å²) in [5.74, 6) is 0.893. The molecule has 1 aliphatic heterocycles. The zero-order chi connectivity index (χ0) is 20.9. The molecular formula is C23H24ClN3O3. The lowest BCUT2D eigenvalue weighted by Gasteiger charge is -2.34. The van der Waals surface area contributed by atoms with Crippen LogP contribution in [0.1, 0.15) is 16.1 Å². The van der Waals surface area contributed by atoms with Crippen LogP contribution >= 0.6 is 11.6 Å². The van der Waals surface area contributed by atoms with Crippen LogP contribution in [0, 0.1) is 0 Å². The van der Waals surface area contributed by atoms with Gasteiger partial charge in [0.1, 0.15) is 12.4 Å². The molecule has 0 bridgehead atoms. The second kappa shape index (κ2) is 9.24. The van der Waals surface area contributed by atoms with E-state index in [4.69, 9.17) is 20.8 Å². The van der Waals surface area contributed by atoms with Crippen molar-refractivity contribution in [1.29, 1.82) is 0 Å². The maximum Gasteiger partial charge on any atom is 0.259 e. The fraction of sp³-hybridized carbons (Fsp3) is 0.261. The molecule has 2 aromatic carbocycles. The Morgan fingerprint density at radius 2 is 1.73 bits per heavy atom. The summed E-state index contributed by atoms with van der Waals surface area (Å²) >= 11 is 5.88. The highest BCUT2D eigenvalue weighted by Gasteiger charge is 2.17. The molecule has 1 amide bonds. The molecule has 1 aliphatic rings. The average Bonchev–Trinajstić information content (AvgIpc) is 3.23. The van der Waals surface area contributed by atoms with Crippen molar-refractivity contribution in [2.75, 3.05) is 43.4 Å². The summed E-state index contributed by atoms with van der Waals surface area (Å²) in [4.78, 5) is 17.4. The van der Waals surface area contributed by atoms with Crippen LogP contribution in [-0.4, -0.2) is 44.0 Å². The lowest BCUT2D eigenvalue weighted by atomic mass is 10.2. The molecule has 6 nitrogen and oxygen atoms in total. The van der Waals surface area contributed by atoms with Gasteiger partial charge in [0.2, 0.25) is 0 Å². The Morgan fingerprint density at radius 1 is 1.03 bits per heavy atom. The molecule has 1 fully saturated rings. The van der Waals surface area contributed by atoms with E-state index in [2.05, 4.69) is 22.2 Å². The fourth-order valence-corrected chi connectivity index (χ4v) is 3.48. The first-order valence-corrected chi connectivity index (χ1v) is 10.3. The van der Waals surface area contributed by atoms with Gasteiger partial charge in [0.25, 0.3) is 5.91 Å². The number of likely N-dealkylation sites (N-methyl/N-ethyl adjacent to an activating group) is 1.